The minimum atomic E-state index is -0.318. The van der Waals surface area contributed by atoms with Gasteiger partial charge in [-0.15, -0.1) is 22.7 Å². The number of hydrogen-bond acceptors (Lipinski definition) is 5. The first-order chi connectivity index (χ1) is 12.5. The molecule has 26 heavy (non-hydrogen) atoms. The molecule has 0 spiro atoms. The molecule has 8 heteroatoms. The zero-order valence-corrected chi connectivity index (χ0v) is 16.3. The van der Waals surface area contributed by atoms with Crippen LogP contribution in [0.2, 0.25) is 10.0 Å². The predicted molar refractivity (Wildman–Crippen MR) is 112 cm³/mol. The largest absolute Gasteiger partial charge is 0.397 e. The summed E-state index contributed by atoms with van der Waals surface area (Å²) in [5.74, 6) is -0.318. The molecule has 0 fully saturated rings. The van der Waals surface area contributed by atoms with Gasteiger partial charge < -0.3 is 11.1 Å². The van der Waals surface area contributed by atoms with Gasteiger partial charge in [0.1, 0.15) is 9.71 Å². The van der Waals surface area contributed by atoms with Crippen molar-refractivity contribution in [2.45, 2.75) is 0 Å². The number of carbonyl (C=O) groups is 1. The van der Waals surface area contributed by atoms with Crippen LogP contribution in [-0.2, 0) is 0 Å². The highest BCUT2D eigenvalue weighted by Crippen LogP contribution is 2.35. The van der Waals surface area contributed by atoms with Crippen molar-refractivity contribution in [3.05, 3.63) is 62.8 Å². The quantitative estimate of drug-likeness (QED) is 0.417. The van der Waals surface area contributed by atoms with Crippen molar-refractivity contribution in [3.63, 3.8) is 0 Å². The van der Waals surface area contributed by atoms with Crippen molar-refractivity contribution >= 4 is 73.4 Å². The SMILES string of the molecule is Nc1c(C(=O)Nc2cc(Cl)cc(Cl)c2)sc2nc(-c3cccs3)ccc12. The predicted octanol–water partition coefficient (Wildman–Crippen LogP) is 6.17. The number of carbonyl (C=O) groups excluding carboxylic acids is 1. The average molecular weight is 420 g/mol. The Morgan fingerprint density at radius 3 is 2.58 bits per heavy atom. The summed E-state index contributed by atoms with van der Waals surface area (Å²) >= 11 is 14.8. The summed E-state index contributed by atoms with van der Waals surface area (Å²) < 4.78 is 0. The third-order valence-corrected chi connectivity index (χ3v) is 6.14. The third-order valence-electron chi connectivity index (χ3n) is 3.69. The summed E-state index contributed by atoms with van der Waals surface area (Å²) in [6.07, 6.45) is 0. The first-order valence-electron chi connectivity index (χ1n) is 7.51. The number of fused-ring (bicyclic) bond motifs is 1. The van der Waals surface area contributed by atoms with Gasteiger partial charge in [-0.25, -0.2) is 4.98 Å². The second kappa shape index (κ2) is 6.89. The molecule has 0 atom stereocenters. The molecule has 0 bridgehead atoms. The van der Waals surface area contributed by atoms with E-state index in [9.17, 15) is 4.79 Å². The van der Waals surface area contributed by atoms with Crippen molar-refractivity contribution in [1.82, 2.24) is 4.98 Å². The van der Waals surface area contributed by atoms with Gasteiger partial charge in [-0.1, -0.05) is 29.3 Å². The van der Waals surface area contributed by atoms with Crippen LogP contribution in [-0.4, -0.2) is 10.9 Å². The average Bonchev–Trinajstić information content (AvgIpc) is 3.22. The number of pyridine rings is 1. The Hall–Kier alpha value is -2.12. The number of thiophene rings is 2. The highest BCUT2D eigenvalue weighted by Gasteiger charge is 2.18. The summed E-state index contributed by atoms with van der Waals surface area (Å²) in [5.41, 5.74) is 7.97. The van der Waals surface area contributed by atoms with E-state index in [2.05, 4.69) is 10.3 Å². The lowest BCUT2D eigenvalue weighted by atomic mass is 10.2. The summed E-state index contributed by atoms with van der Waals surface area (Å²) in [7, 11) is 0. The normalized spacial score (nSPS) is 11.0. The van der Waals surface area contributed by atoms with Gasteiger partial charge in [-0.05, 0) is 41.8 Å². The Balaban J connectivity index is 1.69. The standard InChI is InChI=1S/C18H11Cl2N3OS2/c19-9-6-10(20)8-11(7-9)22-17(24)16-15(21)12-3-4-13(23-18(12)26-16)14-2-1-5-25-14/h1-8H,21H2,(H,22,24). The van der Waals surface area contributed by atoms with Crippen LogP contribution in [0.25, 0.3) is 20.8 Å². The second-order valence-corrected chi connectivity index (χ2v) is 8.30. The first-order valence-corrected chi connectivity index (χ1v) is 9.97. The van der Waals surface area contributed by atoms with E-state index in [4.69, 9.17) is 28.9 Å². The summed E-state index contributed by atoms with van der Waals surface area (Å²) in [6, 6.07) is 12.6. The zero-order valence-electron chi connectivity index (χ0n) is 13.1. The molecule has 3 heterocycles. The van der Waals surface area contributed by atoms with Crippen LogP contribution in [0.15, 0.2) is 47.8 Å². The summed E-state index contributed by atoms with van der Waals surface area (Å²) in [6.45, 7) is 0. The van der Waals surface area contributed by atoms with Gasteiger partial charge in [-0.2, -0.15) is 0 Å². The Bertz CT molecular complexity index is 1100. The molecule has 3 aromatic heterocycles. The molecule has 0 unspecified atom stereocenters. The maximum Gasteiger partial charge on any atom is 0.267 e. The van der Waals surface area contributed by atoms with Gasteiger partial charge >= 0.3 is 0 Å². The molecule has 0 aliphatic heterocycles. The van der Waals surface area contributed by atoms with E-state index in [1.54, 1.807) is 29.5 Å². The fraction of sp³-hybridized carbons (Fsp3) is 0. The van der Waals surface area contributed by atoms with Gasteiger partial charge in [0.15, 0.2) is 0 Å². The summed E-state index contributed by atoms with van der Waals surface area (Å²) in [5, 5.41) is 6.44. The van der Waals surface area contributed by atoms with Crippen molar-refractivity contribution in [2.24, 2.45) is 0 Å². The molecule has 0 saturated heterocycles. The Labute approximate surface area is 167 Å². The third kappa shape index (κ3) is 3.29. The van der Waals surface area contributed by atoms with E-state index in [1.807, 2.05) is 29.6 Å². The van der Waals surface area contributed by atoms with E-state index in [0.29, 0.717) is 26.3 Å². The minimum Gasteiger partial charge on any atom is -0.397 e. The maximum absolute atomic E-state index is 12.6. The van der Waals surface area contributed by atoms with E-state index >= 15 is 0 Å². The number of nitrogens with two attached hydrogens (primary N) is 1. The van der Waals surface area contributed by atoms with Gasteiger partial charge in [0, 0.05) is 21.1 Å². The Morgan fingerprint density at radius 1 is 1.12 bits per heavy atom. The van der Waals surface area contributed by atoms with Crippen LogP contribution >= 0.6 is 45.9 Å². The molecule has 1 amide bonds. The number of hydrogen-bond donors (Lipinski definition) is 2. The second-order valence-electron chi connectivity index (χ2n) is 5.48. The molecular weight excluding hydrogens is 409 g/mol. The summed E-state index contributed by atoms with van der Waals surface area (Å²) in [4.78, 5) is 19.5. The number of halogens is 2. The van der Waals surface area contributed by atoms with Gasteiger partial charge in [-0.3, -0.25) is 4.79 Å². The number of nitrogen functional groups attached to an aromatic ring is 1. The number of rotatable bonds is 3. The molecule has 0 saturated carbocycles. The molecule has 4 aromatic rings. The molecule has 0 radical (unpaired) electrons. The van der Waals surface area contributed by atoms with Gasteiger partial charge in [0.25, 0.3) is 5.91 Å². The molecule has 3 N–H and O–H groups in total. The number of nitrogens with zero attached hydrogens (tertiary/aromatic N) is 1. The Morgan fingerprint density at radius 2 is 1.88 bits per heavy atom. The van der Waals surface area contributed by atoms with E-state index in [1.165, 1.54) is 11.3 Å². The van der Waals surface area contributed by atoms with Gasteiger partial charge in [0.05, 0.1) is 16.3 Å². The van der Waals surface area contributed by atoms with Crippen LogP contribution in [0.4, 0.5) is 11.4 Å². The van der Waals surface area contributed by atoms with Crippen LogP contribution in [0.1, 0.15) is 9.67 Å². The van der Waals surface area contributed by atoms with E-state index in [0.717, 1.165) is 20.8 Å². The molecule has 0 aliphatic rings. The lowest BCUT2D eigenvalue weighted by Gasteiger charge is -2.05. The van der Waals surface area contributed by atoms with Gasteiger partial charge in [0.2, 0.25) is 0 Å². The van der Waals surface area contributed by atoms with Crippen molar-refractivity contribution < 1.29 is 4.79 Å². The van der Waals surface area contributed by atoms with Crippen molar-refractivity contribution in [2.75, 3.05) is 11.1 Å². The number of aromatic nitrogens is 1. The number of anilines is 2. The number of nitrogens with one attached hydrogen (secondary N) is 1. The van der Waals surface area contributed by atoms with Crippen LogP contribution in [0.5, 0.6) is 0 Å². The minimum absolute atomic E-state index is 0.318. The maximum atomic E-state index is 12.6. The Kier molecular flexibility index (Phi) is 4.58. The zero-order chi connectivity index (χ0) is 18.3. The molecule has 4 nitrogen and oxygen atoms in total. The van der Waals surface area contributed by atoms with E-state index in [-0.39, 0.29) is 5.91 Å². The van der Waals surface area contributed by atoms with Crippen molar-refractivity contribution in [1.29, 1.82) is 0 Å². The van der Waals surface area contributed by atoms with Crippen LogP contribution in [0.3, 0.4) is 0 Å². The monoisotopic (exact) mass is 419 g/mol. The molecule has 1 aromatic carbocycles. The fourth-order valence-electron chi connectivity index (χ4n) is 2.54. The number of benzene rings is 1. The number of amides is 1. The molecule has 4 rings (SSSR count). The lowest BCUT2D eigenvalue weighted by Crippen LogP contribution is -2.11. The smallest absolute Gasteiger partial charge is 0.267 e. The first kappa shape index (κ1) is 17.3. The van der Waals surface area contributed by atoms with Crippen LogP contribution < -0.4 is 11.1 Å². The highest BCUT2D eigenvalue weighted by molar-refractivity contribution is 7.21. The van der Waals surface area contributed by atoms with E-state index < -0.39 is 0 Å². The molecule has 130 valence electrons. The highest BCUT2D eigenvalue weighted by atomic mass is 35.5. The van der Waals surface area contributed by atoms with Crippen molar-refractivity contribution in [3.8, 4) is 10.6 Å². The van der Waals surface area contributed by atoms with Crippen LogP contribution in [0, 0.1) is 0 Å². The lowest BCUT2D eigenvalue weighted by molar-refractivity contribution is 0.103. The molecular formula is C18H11Cl2N3OS2. The fourth-order valence-corrected chi connectivity index (χ4v) is 4.75. The topological polar surface area (TPSA) is 68.0 Å². The molecule has 0 aliphatic carbocycles.